The number of Topliss-reactive ketones (excluding diaryl/α,β-unsaturated/α-hetero) is 1. The summed E-state index contributed by atoms with van der Waals surface area (Å²) in [5.74, 6) is 0.816. The zero-order valence-electron chi connectivity index (χ0n) is 7.09. The molecule has 0 aromatic heterocycles. The zero-order chi connectivity index (χ0) is 8.06. The highest BCUT2D eigenvalue weighted by Crippen LogP contribution is 2.41. The molecule has 62 valence electrons. The molecule has 3 aliphatic rings. The van der Waals surface area contributed by atoms with E-state index in [9.17, 15) is 4.79 Å². The molecule has 0 aromatic carbocycles. The van der Waals surface area contributed by atoms with Crippen molar-refractivity contribution in [2.75, 3.05) is 0 Å². The average Bonchev–Trinajstić information content (AvgIpc) is 1.92. The van der Waals surface area contributed by atoms with Crippen molar-refractivity contribution >= 4 is 5.78 Å². The first-order valence-corrected chi connectivity index (χ1v) is 4.33. The van der Waals surface area contributed by atoms with Gasteiger partial charge < -0.3 is 4.74 Å². The van der Waals surface area contributed by atoms with Crippen LogP contribution in [0.15, 0.2) is 0 Å². The van der Waals surface area contributed by atoms with Crippen LogP contribution in [0.3, 0.4) is 0 Å². The first kappa shape index (κ1) is 7.29. The van der Waals surface area contributed by atoms with Crippen molar-refractivity contribution in [1.82, 2.24) is 0 Å². The third kappa shape index (κ3) is 0.924. The second-order valence-electron chi connectivity index (χ2n) is 3.98. The van der Waals surface area contributed by atoms with Crippen LogP contribution in [0, 0.1) is 5.92 Å². The number of hydrogen-bond acceptors (Lipinski definition) is 2. The van der Waals surface area contributed by atoms with E-state index < -0.39 is 5.60 Å². The Labute approximate surface area is 66.9 Å². The highest BCUT2D eigenvalue weighted by molar-refractivity contribution is 5.88. The van der Waals surface area contributed by atoms with Gasteiger partial charge in [0.15, 0.2) is 5.78 Å². The molecule has 0 N–H and O–H groups in total. The van der Waals surface area contributed by atoms with Gasteiger partial charge in [0, 0.05) is 6.42 Å². The molecule has 2 saturated heterocycles. The number of carbonyl (C=O) groups is 1. The van der Waals surface area contributed by atoms with Crippen molar-refractivity contribution in [2.45, 2.75) is 44.8 Å². The number of ether oxygens (including phenoxy) is 1. The molecule has 1 aliphatic carbocycles. The van der Waals surface area contributed by atoms with E-state index >= 15 is 0 Å². The molecule has 11 heavy (non-hydrogen) atoms. The molecule has 0 radical (unpaired) electrons. The molecule has 2 aliphatic heterocycles. The predicted molar refractivity (Wildman–Crippen MR) is 41.3 cm³/mol. The van der Waals surface area contributed by atoms with Crippen LogP contribution in [0.25, 0.3) is 0 Å². The van der Waals surface area contributed by atoms with Gasteiger partial charge in [-0.05, 0) is 32.6 Å². The standard InChI is InChI=1S/C9H14O2/c1-6-7-3-4-9(2,11-6)8(10)5-7/h6-7H,3-5H2,1-2H3. The summed E-state index contributed by atoms with van der Waals surface area (Å²) in [5.41, 5.74) is -0.422. The van der Waals surface area contributed by atoms with Crippen molar-refractivity contribution in [3.05, 3.63) is 0 Å². The molecular formula is C9H14O2. The summed E-state index contributed by atoms with van der Waals surface area (Å²) in [6, 6.07) is 0. The first-order chi connectivity index (χ1) is 5.12. The second kappa shape index (κ2) is 2.07. The largest absolute Gasteiger partial charge is 0.364 e. The molecule has 2 bridgehead atoms. The SMILES string of the molecule is CC1OC2(C)CCC1CC2=O. The number of rotatable bonds is 0. The minimum Gasteiger partial charge on any atom is -0.364 e. The van der Waals surface area contributed by atoms with Gasteiger partial charge >= 0.3 is 0 Å². The molecule has 3 atom stereocenters. The maximum absolute atomic E-state index is 11.4. The lowest BCUT2D eigenvalue weighted by atomic mass is 9.73. The van der Waals surface area contributed by atoms with Gasteiger partial charge in [0.25, 0.3) is 0 Å². The van der Waals surface area contributed by atoms with E-state index in [2.05, 4.69) is 6.92 Å². The Balaban J connectivity index is 2.26. The van der Waals surface area contributed by atoms with Crippen LogP contribution in [-0.4, -0.2) is 17.5 Å². The molecule has 3 unspecified atom stereocenters. The van der Waals surface area contributed by atoms with E-state index in [1.807, 2.05) is 6.92 Å². The van der Waals surface area contributed by atoms with Gasteiger partial charge in [-0.15, -0.1) is 0 Å². The lowest BCUT2D eigenvalue weighted by Gasteiger charge is -2.46. The Kier molecular flexibility index (Phi) is 1.37. The quantitative estimate of drug-likeness (QED) is 0.529. The number of carbonyl (C=O) groups excluding carboxylic acids is 1. The van der Waals surface area contributed by atoms with Crippen LogP contribution in [-0.2, 0) is 9.53 Å². The van der Waals surface area contributed by atoms with Crippen molar-refractivity contribution < 1.29 is 9.53 Å². The van der Waals surface area contributed by atoms with E-state index in [0.29, 0.717) is 17.8 Å². The zero-order valence-corrected chi connectivity index (χ0v) is 7.09. The highest BCUT2D eigenvalue weighted by atomic mass is 16.5. The number of fused-ring (bicyclic) bond motifs is 3. The van der Waals surface area contributed by atoms with Crippen molar-refractivity contribution in [1.29, 1.82) is 0 Å². The van der Waals surface area contributed by atoms with Crippen LogP contribution in [0.5, 0.6) is 0 Å². The maximum atomic E-state index is 11.4. The fourth-order valence-electron chi connectivity index (χ4n) is 2.19. The molecule has 1 saturated carbocycles. The van der Waals surface area contributed by atoms with E-state index in [0.717, 1.165) is 12.8 Å². The lowest BCUT2D eigenvalue weighted by Crippen LogP contribution is -2.53. The highest BCUT2D eigenvalue weighted by Gasteiger charge is 2.48. The smallest absolute Gasteiger partial charge is 0.164 e. The summed E-state index contributed by atoms with van der Waals surface area (Å²) >= 11 is 0. The van der Waals surface area contributed by atoms with Gasteiger partial charge in [0.05, 0.1) is 6.10 Å². The molecule has 0 spiro atoms. The topological polar surface area (TPSA) is 26.3 Å². The van der Waals surface area contributed by atoms with Gasteiger partial charge in [0.2, 0.25) is 0 Å². The first-order valence-electron chi connectivity index (χ1n) is 4.33. The minimum absolute atomic E-state index is 0.298. The van der Waals surface area contributed by atoms with Crippen LogP contribution in [0.4, 0.5) is 0 Å². The molecule has 3 rings (SSSR count). The second-order valence-corrected chi connectivity index (χ2v) is 3.98. The third-order valence-electron chi connectivity index (χ3n) is 3.14. The predicted octanol–water partition coefficient (Wildman–Crippen LogP) is 1.53. The van der Waals surface area contributed by atoms with Gasteiger partial charge in [-0.3, -0.25) is 4.79 Å². The lowest BCUT2D eigenvalue weighted by molar-refractivity contribution is -0.187. The fourth-order valence-corrected chi connectivity index (χ4v) is 2.19. The minimum atomic E-state index is -0.422. The van der Waals surface area contributed by atoms with Crippen LogP contribution < -0.4 is 0 Å². The summed E-state index contributed by atoms with van der Waals surface area (Å²) in [5, 5.41) is 0. The Hall–Kier alpha value is -0.370. The van der Waals surface area contributed by atoms with Gasteiger partial charge in [-0.1, -0.05) is 0 Å². The van der Waals surface area contributed by atoms with E-state index in [4.69, 9.17) is 4.74 Å². The van der Waals surface area contributed by atoms with E-state index in [1.165, 1.54) is 6.42 Å². The summed E-state index contributed by atoms with van der Waals surface area (Å²) in [4.78, 5) is 11.4. The molecule has 0 amide bonds. The van der Waals surface area contributed by atoms with Crippen molar-refractivity contribution in [3.63, 3.8) is 0 Å². The Morgan fingerprint density at radius 1 is 1.64 bits per heavy atom. The average molecular weight is 154 g/mol. The monoisotopic (exact) mass is 154 g/mol. The summed E-state index contributed by atoms with van der Waals surface area (Å²) in [7, 11) is 0. The molecular weight excluding hydrogens is 140 g/mol. The van der Waals surface area contributed by atoms with Gasteiger partial charge in [-0.25, -0.2) is 0 Å². The van der Waals surface area contributed by atoms with Crippen LogP contribution in [0.2, 0.25) is 0 Å². The van der Waals surface area contributed by atoms with Crippen LogP contribution in [0.1, 0.15) is 33.1 Å². The summed E-state index contributed by atoms with van der Waals surface area (Å²) in [6.07, 6.45) is 3.15. The molecule has 3 fully saturated rings. The fraction of sp³-hybridized carbons (Fsp3) is 0.889. The Morgan fingerprint density at radius 2 is 2.36 bits per heavy atom. The molecule has 2 heterocycles. The Morgan fingerprint density at radius 3 is 2.73 bits per heavy atom. The normalized spacial score (nSPS) is 49.8. The molecule has 2 nitrogen and oxygen atoms in total. The summed E-state index contributed by atoms with van der Waals surface area (Å²) < 4.78 is 5.64. The van der Waals surface area contributed by atoms with Gasteiger partial charge in [0.1, 0.15) is 5.60 Å². The molecule has 2 heteroatoms. The van der Waals surface area contributed by atoms with E-state index in [1.54, 1.807) is 0 Å². The Bertz CT molecular complexity index is 200. The third-order valence-corrected chi connectivity index (χ3v) is 3.14. The maximum Gasteiger partial charge on any atom is 0.164 e. The van der Waals surface area contributed by atoms with Crippen molar-refractivity contribution in [3.8, 4) is 0 Å². The van der Waals surface area contributed by atoms with Crippen LogP contribution >= 0.6 is 0 Å². The number of ketones is 1. The number of hydrogen-bond donors (Lipinski definition) is 0. The molecule has 0 aromatic rings. The van der Waals surface area contributed by atoms with E-state index in [-0.39, 0.29) is 0 Å². The van der Waals surface area contributed by atoms with Gasteiger partial charge in [-0.2, -0.15) is 0 Å². The summed E-state index contributed by atoms with van der Waals surface area (Å²) in [6.45, 7) is 4.01. The van der Waals surface area contributed by atoms with Crippen molar-refractivity contribution in [2.24, 2.45) is 5.92 Å².